The van der Waals surface area contributed by atoms with E-state index in [1.54, 1.807) is 0 Å². The molecule has 2 heteroatoms. The molecule has 0 amide bonds. The van der Waals surface area contributed by atoms with Crippen LogP contribution in [0.2, 0.25) is 0 Å². The predicted octanol–water partition coefficient (Wildman–Crippen LogP) is 3.25. The standard InChI is InChI=1S/C12H26O2/c1-7-13-8-9-14-12(5,6)10-11(2,3)4/h7-10H2,1-6H3. The monoisotopic (exact) mass is 202 g/mol. The van der Waals surface area contributed by atoms with Crippen LogP contribution in [0.5, 0.6) is 0 Å². The van der Waals surface area contributed by atoms with Crippen molar-refractivity contribution in [1.82, 2.24) is 0 Å². The quantitative estimate of drug-likeness (QED) is 0.615. The van der Waals surface area contributed by atoms with Crippen molar-refractivity contribution in [3.05, 3.63) is 0 Å². The third kappa shape index (κ3) is 8.52. The van der Waals surface area contributed by atoms with Gasteiger partial charge in [-0.2, -0.15) is 0 Å². The first-order valence-electron chi connectivity index (χ1n) is 5.48. The molecule has 0 aromatic rings. The van der Waals surface area contributed by atoms with Gasteiger partial charge in [0.05, 0.1) is 18.8 Å². The summed E-state index contributed by atoms with van der Waals surface area (Å²) in [5, 5.41) is 0. The average Bonchev–Trinajstić information content (AvgIpc) is 1.93. The van der Waals surface area contributed by atoms with E-state index < -0.39 is 0 Å². The van der Waals surface area contributed by atoms with E-state index in [9.17, 15) is 0 Å². The Morgan fingerprint density at radius 1 is 0.929 bits per heavy atom. The fourth-order valence-corrected chi connectivity index (χ4v) is 1.85. The Labute approximate surface area is 89.0 Å². The first-order chi connectivity index (χ1) is 6.27. The molecule has 0 N–H and O–H groups in total. The lowest BCUT2D eigenvalue weighted by molar-refractivity contribution is -0.0639. The molecule has 0 heterocycles. The Bertz CT molecular complexity index is 145. The second-order valence-corrected chi connectivity index (χ2v) is 5.54. The maximum absolute atomic E-state index is 5.78. The van der Waals surface area contributed by atoms with Gasteiger partial charge < -0.3 is 9.47 Å². The summed E-state index contributed by atoms with van der Waals surface area (Å²) in [6.07, 6.45) is 1.06. The van der Waals surface area contributed by atoms with Gasteiger partial charge in [0.25, 0.3) is 0 Å². The molecule has 14 heavy (non-hydrogen) atoms. The fourth-order valence-electron chi connectivity index (χ4n) is 1.85. The van der Waals surface area contributed by atoms with E-state index in [0.717, 1.165) is 13.0 Å². The molecule has 0 aromatic heterocycles. The Morgan fingerprint density at radius 2 is 1.50 bits per heavy atom. The van der Waals surface area contributed by atoms with Crippen LogP contribution in [0.4, 0.5) is 0 Å². The molecule has 0 radical (unpaired) electrons. The second kappa shape index (κ2) is 5.72. The second-order valence-electron chi connectivity index (χ2n) is 5.54. The van der Waals surface area contributed by atoms with Gasteiger partial charge in [0.1, 0.15) is 0 Å². The zero-order valence-corrected chi connectivity index (χ0v) is 10.6. The summed E-state index contributed by atoms with van der Waals surface area (Å²) < 4.78 is 11.0. The smallest absolute Gasteiger partial charge is 0.0707 e. The van der Waals surface area contributed by atoms with E-state index in [1.165, 1.54) is 0 Å². The lowest BCUT2D eigenvalue weighted by atomic mass is 9.84. The van der Waals surface area contributed by atoms with Crippen molar-refractivity contribution in [3.63, 3.8) is 0 Å². The molecule has 86 valence electrons. The van der Waals surface area contributed by atoms with Gasteiger partial charge in [-0.1, -0.05) is 20.8 Å². The molecule has 0 unspecified atom stereocenters. The molecule has 0 rings (SSSR count). The minimum absolute atomic E-state index is 0.0463. The van der Waals surface area contributed by atoms with Crippen LogP contribution in [-0.2, 0) is 9.47 Å². The van der Waals surface area contributed by atoms with Crippen molar-refractivity contribution >= 4 is 0 Å². The van der Waals surface area contributed by atoms with Crippen LogP contribution in [0.1, 0.15) is 48.0 Å². The van der Waals surface area contributed by atoms with Gasteiger partial charge in [-0.15, -0.1) is 0 Å². The Hall–Kier alpha value is -0.0800. The molecule has 0 bridgehead atoms. The molecular weight excluding hydrogens is 176 g/mol. The highest BCUT2D eigenvalue weighted by molar-refractivity contribution is 4.76. The van der Waals surface area contributed by atoms with Crippen LogP contribution in [-0.4, -0.2) is 25.4 Å². The first-order valence-corrected chi connectivity index (χ1v) is 5.48. The normalized spacial score (nSPS) is 13.3. The van der Waals surface area contributed by atoms with Gasteiger partial charge in [0.2, 0.25) is 0 Å². The summed E-state index contributed by atoms with van der Waals surface area (Å²) in [6.45, 7) is 15.2. The first kappa shape index (κ1) is 13.9. The highest BCUT2D eigenvalue weighted by Gasteiger charge is 2.25. The average molecular weight is 202 g/mol. The molecule has 2 nitrogen and oxygen atoms in total. The van der Waals surface area contributed by atoms with Gasteiger partial charge in [-0.25, -0.2) is 0 Å². The fraction of sp³-hybridized carbons (Fsp3) is 1.00. The molecule has 0 spiro atoms. The van der Waals surface area contributed by atoms with Gasteiger partial charge >= 0.3 is 0 Å². The zero-order chi connectivity index (χ0) is 11.2. The predicted molar refractivity (Wildman–Crippen MR) is 60.6 cm³/mol. The Kier molecular flexibility index (Phi) is 5.68. The van der Waals surface area contributed by atoms with Gasteiger partial charge in [0, 0.05) is 6.61 Å². The van der Waals surface area contributed by atoms with E-state index in [4.69, 9.17) is 9.47 Å². The summed E-state index contributed by atoms with van der Waals surface area (Å²) in [4.78, 5) is 0. The largest absolute Gasteiger partial charge is 0.379 e. The number of hydrogen-bond acceptors (Lipinski definition) is 2. The van der Waals surface area contributed by atoms with Crippen molar-refractivity contribution in [1.29, 1.82) is 0 Å². The minimum Gasteiger partial charge on any atom is -0.379 e. The number of ether oxygens (including phenoxy) is 2. The van der Waals surface area contributed by atoms with E-state index in [2.05, 4.69) is 34.6 Å². The number of hydrogen-bond donors (Lipinski definition) is 0. The molecule has 0 aliphatic carbocycles. The molecule has 0 aromatic carbocycles. The maximum atomic E-state index is 5.78. The molecule has 0 aliphatic heterocycles. The van der Waals surface area contributed by atoms with Crippen molar-refractivity contribution in [2.45, 2.75) is 53.6 Å². The van der Waals surface area contributed by atoms with E-state index in [1.807, 2.05) is 6.92 Å². The van der Waals surface area contributed by atoms with E-state index in [-0.39, 0.29) is 5.60 Å². The third-order valence-corrected chi connectivity index (χ3v) is 1.88. The van der Waals surface area contributed by atoms with Crippen molar-refractivity contribution in [2.75, 3.05) is 19.8 Å². The van der Waals surface area contributed by atoms with Crippen LogP contribution in [0, 0.1) is 5.41 Å². The van der Waals surface area contributed by atoms with Crippen LogP contribution in [0.3, 0.4) is 0 Å². The minimum atomic E-state index is -0.0463. The Morgan fingerprint density at radius 3 is 1.93 bits per heavy atom. The summed E-state index contributed by atoms with van der Waals surface area (Å²) in [6, 6.07) is 0. The highest BCUT2D eigenvalue weighted by Crippen LogP contribution is 2.29. The maximum Gasteiger partial charge on any atom is 0.0707 e. The van der Waals surface area contributed by atoms with Gasteiger partial charge in [-0.05, 0) is 32.6 Å². The summed E-state index contributed by atoms with van der Waals surface area (Å²) >= 11 is 0. The Balaban J connectivity index is 3.72. The highest BCUT2D eigenvalue weighted by atomic mass is 16.5. The molecule has 0 saturated carbocycles. The molecule has 0 atom stereocenters. The van der Waals surface area contributed by atoms with Crippen LogP contribution in [0.25, 0.3) is 0 Å². The zero-order valence-electron chi connectivity index (χ0n) is 10.6. The van der Waals surface area contributed by atoms with Gasteiger partial charge in [-0.3, -0.25) is 0 Å². The van der Waals surface area contributed by atoms with Crippen LogP contribution in [0.15, 0.2) is 0 Å². The summed E-state index contributed by atoms with van der Waals surface area (Å²) in [5.41, 5.74) is 0.268. The SMILES string of the molecule is CCOCCOC(C)(C)CC(C)(C)C. The van der Waals surface area contributed by atoms with Gasteiger partial charge in [0.15, 0.2) is 0 Å². The molecule has 0 fully saturated rings. The van der Waals surface area contributed by atoms with Crippen LogP contribution < -0.4 is 0 Å². The van der Waals surface area contributed by atoms with Crippen molar-refractivity contribution in [3.8, 4) is 0 Å². The van der Waals surface area contributed by atoms with Crippen molar-refractivity contribution < 1.29 is 9.47 Å². The third-order valence-electron chi connectivity index (χ3n) is 1.88. The lowest BCUT2D eigenvalue weighted by Crippen LogP contribution is -2.31. The lowest BCUT2D eigenvalue weighted by Gasteiger charge is -2.32. The number of rotatable bonds is 6. The van der Waals surface area contributed by atoms with E-state index in [0.29, 0.717) is 18.6 Å². The summed E-state index contributed by atoms with van der Waals surface area (Å²) in [7, 11) is 0. The summed E-state index contributed by atoms with van der Waals surface area (Å²) in [5.74, 6) is 0. The molecule has 0 saturated heterocycles. The van der Waals surface area contributed by atoms with Crippen LogP contribution >= 0.6 is 0 Å². The molecule has 0 aliphatic rings. The van der Waals surface area contributed by atoms with E-state index >= 15 is 0 Å². The topological polar surface area (TPSA) is 18.5 Å². The van der Waals surface area contributed by atoms with Crippen molar-refractivity contribution in [2.24, 2.45) is 5.41 Å². The molecular formula is C12H26O2.